The van der Waals surface area contributed by atoms with Gasteiger partial charge in [-0.25, -0.2) is 0 Å². The maximum Gasteiger partial charge on any atom is 0.0639 e. The molecule has 0 aromatic heterocycles. The number of hydrogen-bond acceptors (Lipinski definition) is 2. The molecule has 1 N–H and O–H groups in total. The van der Waals surface area contributed by atoms with Crippen LogP contribution < -0.4 is 0 Å². The van der Waals surface area contributed by atoms with Gasteiger partial charge in [0, 0.05) is 13.2 Å². The van der Waals surface area contributed by atoms with Crippen molar-refractivity contribution in [2.24, 2.45) is 0 Å². The van der Waals surface area contributed by atoms with Crippen molar-refractivity contribution in [3.05, 3.63) is 0 Å². The molecule has 0 aliphatic rings. The molecule has 0 amide bonds. The Morgan fingerprint density at radius 3 is 2.36 bits per heavy atom. The summed E-state index contributed by atoms with van der Waals surface area (Å²) in [4.78, 5) is 0. The Balaban J connectivity index is 3.13. The molecule has 0 aromatic rings. The summed E-state index contributed by atoms with van der Waals surface area (Å²) in [5, 5.41) is 9.68. The van der Waals surface area contributed by atoms with E-state index in [4.69, 9.17) is 4.74 Å². The van der Waals surface area contributed by atoms with Crippen LogP contribution >= 0.6 is 0 Å². The summed E-state index contributed by atoms with van der Waals surface area (Å²) in [6.45, 7) is 7.61. The van der Waals surface area contributed by atoms with E-state index in [1.807, 2.05) is 13.8 Å². The first-order chi connectivity index (χ1) is 6.62. The average molecular weight is 202 g/mol. The van der Waals surface area contributed by atoms with Crippen LogP contribution in [0.5, 0.6) is 0 Å². The van der Waals surface area contributed by atoms with E-state index < -0.39 is 5.60 Å². The Labute approximate surface area is 88.7 Å². The molecule has 0 bridgehead atoms. The molecule has 2 heteroatoms. The first-order valence-electron chi connectivity index (χ1n) is 5.92. The summed E-state index contributed by atoms with van der Waals surface area (Å²) in [5.74, 6) is 0. The maximum atomic E-state index is 9.68. The predicted molar refractivity (Wildman–Crippen MR) is 60.5 cm³/mol. The second kappa shape index (κ2) is 8.25. The lowest BCUT2D eigenvalue weighted by molar-refractivity contribution is 0.0109. The zero-order valence-electron chi connectivity index (χ0n) is 10.0. The van der Waals surface area contributed by atoms with Crippen molar-refractivity contribution in [1.29, 1.82) is 0 Å². The van der Waals surface area contributed by atoms with Crippen LogP contribution in [-0.2, 0) is 4.74 Å². The summed E-state index contributed by atoms with van der Waals surface area (Å²) in [6.07, 6.45) is 6.53. The number of aliphatic hydroxyl groups is 1. The molecule has 0 rings (SSSR count). The number of ether oxygens (including phenoxy) is 1. The summed E-state index contributed by atoms with van der Waals surface area (Å²) in [6, 6.07) is 0. The minimum absolute atomic E-state index is 0.538. The van der Waals surface area contributed by atoms with Crippen LogP contribution in [0.4, 0.5) is 0 Å². The van der Waals surface area contributed by atoms with Crippen LogP contribution in [0.1, 0.15) is 59.3 Å². The van der Waals surface area contributed by atoms with Crippen molar-refractivity contribution in [2.75, 3.05) is 13.2 Å². The molecule has 2 nitrogen and oxygen atoms in total. The first kappa shape index (κ1) is 13.9. The lowest BCUT2D eigenvalue weighted by Crippen LogP contribution is -2.24. The van der Waals surface area contributed by atoms with Gasteiger partial charge in [-0.2, -0.15) is 0 Å². The van der Waals surface area contributed by atoms with Crippen LogP contribution in [0, 0.1) is 0 Å². The van der Waals surface area contributed by atoms with Crippen LogP contribution in [0.15, 0.2) is 0 Å². The third-order valence-electron chi connectivity index (χ3n) is 2.69. The quantitative estimate of drug-likeness (QED) is 0.582. The third-order valence-corrected chi connectivity index (χ3v) is 2.69. The fourth-order valence-corrected chi connectivity index (χ4v) is 1.20. The molecule has 1 unspecified atom stereocenters. The molecule has 0 aliphatic carbocycles. The summed E-state index contributed by atoms with van der Waals surface area (Å²) in [7, 11) is 0. The van der Waals surface area contributed by atoms with Gasteiger partial charge in [-0.3, -0.25) is 0 Å². The molecule has 14 heavy (non-hydrogen) atoms. The predicted octanol–water partition coefficient (Wildman–Crippen LogP) is 3.13. The van der Waals surface area contributed by atoms with Gasteiger partial charge in [0.15, 0.2) is 0 Å². The summed E-state index contributed by atoms with van der Waals surface area (Å²) < 4.78 is 5.46. The minimum Gasteiger partial charge on any atom is -0.390 e. The lowest BCUT2D eigenvalue weighted by atomic mass is 10.0. The van der Waals surface area contributed by atoms with Gasteiger partial charge in [0.25, 0.3) is 0 Å². The summed E-state index contributed by atoms with van der Waals surface area (Å²) in [5.41, 5.74) is -0.538. The van der Waals surface area contributed by atoms with Gasteiger partial charge in [0.05, 0.1) is 5.60 Å². The normalized spacial score (nSPS) is 15.4. The van der Waals surface area contributed by atoms with Gasteiger partial charge in [0.1, 0.15) is 0 Å². The van der Waals surface area contributed by atoms with Crippen LogP contribution in [0.2, 0.25) is 0 Å². The fourth-order valence-electron chi connectivity index (χ4n) is 1.20. The SMILES string of the molecule is CCCCCCOCCC(C)(O)CC. The van der Waals surface area contributed by atoms with E-state index in [9.17, 15) is 5.11 Å². The zero-order chi connectivity index (χ0) is 10.9. The minimum atomic E-state index is -0.538. The largest absolute Gasteiger partial charge is 0.390 e. The standard InChI is InChI=1S/C12H26O2/c1-4-6-7-8-10-14-11-9-12(3,13)5-2/h13H,4-11H2,1-3H3. The molecule has 0 radical (unpaired) electrons. The topological polar surface area (TPSA) is 29.5 Å². The fraction of sp³-hybridized carbons (Fsp3) is 1.00. The third kappa shape index (κ3) is 8.52. The highest BCUT2D eigenvalue weighted by molar-refractivity contribution is 4.68. The van der Waals surface area contributed by atoms with Crippen molar-refractivity contribution in [1.82, 2.24) is 0 Å². The van der Waals surface area contributed by atoms with E-state index in [1.54, 1.807) is 0 Å². The Bertz CT molecular complexity index is 121. The molecule has 0 spiro atoms. The molecule has 1 atom stereocenters. The Hall–Kier alpha value is -0.0800. The van der Waals surface area contributed by atoms with Gasteiger partial charge in [0.2, 0.25) is 0 Å². The van der Waals surface area contributed by atoms with Crippen molar-refractivity contribution in [2.45, 2.75) is 64.9 Å². The number of rotatable bonds is 9. The van der Waals surface area contributed by atoms with Crippen LogP contribution in [-0.4, -0.2) is 23.9 Å². The highest BCUT2D eigenvalue weighted by atomic mass is 16.5. The molecule has 0 saturated heterocycles. The molecule has 0 heterocycles. The number of unbranched alkanes of at least 4 members (excludes halogenated alkanes) is 3. The van der Waals surface area contributed by atoms with E-state index in [0.717, 1.165) is 25.9 Å². The summed E-state index contributed by atoms with van der Waals surface area (Å²) >= 11 is 0. The highest BCUT2D eigenvalue weighted by Crippen LogP contribution is 2.13. The monoisotopic (exact) mass is 202 g/mol. The smallest absolute Gasteiger partial charge is 0.0639 e. The molecule has 0 aromatic carbocycles. The highest BCUT2D eigenvalue weighted by Gasteiger charge is 2.16. The van der Waals surface area contributed by atoms with Gasteiger partial charge < -0.3 is 9.84 Å². The Morgan fingerprint density at radius 1 is 1.07 bits per heavy atom. The van der Waals surface area contributed by atoms with Crippen molar-refractivity contribution >= 4 is 0 Å². The molecule has 86 valence electrons. The van der Waals surface area contributed by atoms with Gasteiger partial charge >= 0.3 is 0 Å². The van der Waals surface area contributed by atoms with E-state index >= 15 is 0 Å². The lowest BCUT2D eigenvalue weighted by Gasteiger charge is -2.20. The number of hydrogen-bond donors (Lipinski definition) is 1. The zero-order valence-corrected chi connectivity index (χ0v) is 10.0. The molecule has 0 fully saturated rings. The molecule has 0 aliphatic heterocycles. The van der Waals surface area contributed by atoms with Crippen molar-refractivity contribution in [3.63, 3.8) is 0 Å². The molecule has 0 saturated carbocycles. The van der Waals surface area contributed by atoms with Crippen molar-refractivity contribution in [3.8, 4) is 0 Å². The average Bonchev–Trinajstić information content (AvgIpc) is 2.16. The van der Waals surface area contributed by atoms with E-state index in [0.29, 0.717) is 6.61 Å². The second-order valence-electron chi connectivity index (χ2n) is 4.27. The van der Waals surface area contributed by atoms with Crippen molar-refractivity contribution < 1.29 is 9.84 Å². The van der Waals surface area contributed by atoms with E-state index in [2.05, 4.69) is 6.92 Å². The van der Waals surface area contributed by atoms with Gasteiger partial charge in [-0.1, -0.05) is 33.1 Å². The molecular weight excluding hydrogens is 176 g/mol. The van der Waals surface area contributed by atoms with E-state index in [-0.39, 0.29) is 0 Å². The van der Waals surface area contributed by atoms with Gasteiger partial charge in [-0.05, 0) is 26.2 Å². The molecular formula is C12H26O2. The second-order valence-corrected chi connectivity index (χ2v) is 4.27. The van der Waals surface area contributed by atoms with Gasteiger partial charge in [-0.15, -0.1) is 0 Å². The first-order valence-corrected chi connectivity index (χ1v) is 5.92. The maximum absolute atomic E-state index is 9.68. The van der Waals surface area contributed by atoms with Crippen LogP contribution in [0.25, 0.3) is 0 Å². The Kier molecular flexibility index (Phi) is 8.20. The van der Waals surface area contributed by atoms with Crippen LogP contribution in [0.3, 0.4) is 0 Å². The Morgan fingerprint density at radius 2 is 1.79 bits per heavy atom. The van der Waals surface area contributed by atoms with E-state index in [1.165, 1.54) is 19.3 Å².